The molecule has 1 unspecified atom stereocenters. The van der Waals surface area contributed by atoms with Gasteiger partial charge in [-0.3, -0.25) is 9.36 Å². The highest BCUT2D eigenvalue weighted by atomic mass is 16.1. The minimum atomic E-state index is -0.0451. The maximum Gasteiger partial charge on any atom is 0.224 e. The van der Waals surface area contributed by atoms with Crippen LogP contribution in [0.1, 0.15) is 19.2 Å². The number of nitrogens with one attached hydrogen (secondary N) is 1. The second kappa shape index (κ2) is 6.29. The molecular weight excluding hydrogens is 254 g/mol. The van der Waals surface area contributed by atoms with Crippen molar-refractivity contribution in [3.63, 3.8) is 0 Å². The predicted molar refractivity (Wildman–Crippen MR) is 77.6 cm³/mol. The van der Waals surface area contributed by atoms with Crippen molar-refractivity contribution < 1.29 is 4.79 Å². The normalized spacial score (nSPS) is 12.2. The van der Waals surface area contributed by atoms with Crippen molar-refractivity contribution in [2.75, 3.05) is 11.9 Å². The number of nitrogens with zero attached hydrogens (tertiary/aromatic N) is 3. The van der Waals surface area contributed by atoms with Gasteiger partial charge in [0.25, 0.3) is 0 Å². The molecule has 0 fully saturated rings. The first-order chi connectivity index (χ1) is 9.60. The lowest BCUT2D eigenvalue weighted by Gasteiger charge is -2.10. The van der Waals surface area contributed by atoms with E-state index in [4.69, 9.17) is 5.73 Å². The molecule has 0 aliphatic heterocycles. The molecule has 0 spiro atoms. The summed E-state index contributed by atoms with van der Waals surface area (Å²) in [7, 11) is 0. The van der Waals surface area contributed by atoms with E-state index in [0.717, 1.165) is 11.6 Å². The van der Waals surface area contributed by atoms with Crippen LogP contribution in [0.15, 0.2) is 30.7 Å². The first-order valence-corrected chi connectivity index (χ1v) is 6.56. The summed E-state index contributed by atoms with van der Waals surface area (Å²) in [6, 6.07) is 3.67. The Morgan fingerprint density at radius 1 is 1.45 bits per heavy atom. The summed E-state index contributed by atoms with van der Waals surface area (Å²) in [6.45, 7) is 4.36. The van der Waals surface area contributed by atoms with Crippen LogP contribution >= 0.6 is 0 Å². The maximum atomic E-state index is 11.7. The van der Waals surface area contributed by atoms with Gasteiger partial charge in [0, 0.05) is 18.8 Å². The standard InChI is InChI=1S/C14H19N5O/c1-10(8-15)7-14(20)18-12-3-4-13(17-9-12)19-6-5-16-11(19)2/h3-6,9-10H,7-8,15H2,1-2H3,(H,18,20). The second-order valence-corrected chi connectivity index (χ2v) is 4.84. The van der Waals surface area contributed by atoms with Crippen LogP contribution in [0.25, 0.3) is 5.82 Å². The van der Waals surface area contributed by atoms with Crippen LogP contribution < -0.4 is 11.1 Å². The SMILES string of the molecule is Cc1nccn1-c1ccc(NC(=O)CC(C)CN)cn1. The van der Waals surface area contributed by atoms with Gasteiger partial charge in [-0.25, -0.2) is 9.97 Å². The third-order valence-corrected chi connectivity index (χ3v) is 3.04. The van der Waals surface area contributed by atoms with Crippen molar-refractivity contribution in [2.24, 2.45) is 11.7 Å². The van der Waals surface area contributed by atoms with Crippen LogP contribution in [0.2, 0.25) is 0 Å². The van der Waals surface area contributed by atoms with E-state index in [-0.39, 0.29) is 11.8 Å². The van der Waals surface area contributed by atoms with E-state index in [1.807, 2.05) is 36.7 Å². The lowest BCUT2D eigenvalue weighted by Crippen LogP contribution is -2.20. The fraction of sp³-hybridized carbons (Fsp3) is 0.357. The Hall–Kier alpha value is -2.21. The molecule has 0 bridgehead atoms. The maximum absolute atomic E-state index is 11.7. The number of anilines is 1. The van der Waals surface area contributed by atoms with Crippen LogP contribution in [-0.2, 0) is 4.79 Å². The van der Waals surface area contributed by atoms with Gasteiger partial charge in [-0.1, -0.05) is 6.92 Å². The van der Waals surface area contributed by atoms with Gasteiger partial charge in [0.1, 0.15) is 11.6 Å². The number of pyridine rings is 1. The minimum Gasteiger partial charge on any atom is -0.330 e. The van der Waals surface area contributed by atoms with Crippen molar-refractivity contribution >= 4 is 11.6 Å². The summed E-state index contributed by atoms with van der Waals surface area (Å²) in [5.74, 6) is 1.77. The van der Waals surface area contributed by atoms with Crippen molar-refractivity contribution in [1.82, 2.24) is 14.5 Å². The zero-order valence-corrected chi connectivity index (χ0v) is 11.7. The molecule has 0 aliphatic carbocycles. The Bertz CT molecular complexity index is 576. The molecule has 6 heteroatoms. The molecule has 0 saturated carbocycles. The van der Waals surface area contributed by atoms with E-state index in [0.29, 0.717) is 18.7 Å². The van der Waals surface area contributed by atoms with Crippen molar-refractivity contribution in [2.45, 2.75) is 20.3 Å². The number of aromatic nitrogens is 3. The highest BCUT2D eigenvalue weighted by molar-refractivity contribution is 5.90. The number of rotatable bonds is 5. The fourth-order valence-electron chi connectivity index (χ4n) is 1.83. The molecule has 0 aromatic carbocycles. The molecule has 0 saturated heterocycles. The summed E-state index contributed by atoms with van der Waals surface area (Å²) >= 11 is 0. The summed E-state index contributed by atoms with van der Waals surface area (Å²) in [4.78, 5) is 20.2. The molecule has 0 aliphatic rings. The van der Waals surface area contributed by atoms with Gasteiger partial charge in [-0.05, 0) is 31.5 Å². The molecule has 3 N–H and O–H groups in total. The highest BCUT2D eigenvalue weighted by Gasteiger charge is 2.08. The zero-order valence-electron chi connectivity index (χ0n) is 11.7. The third-order valence-electron chi connectivity index (χ3n) is 3.04. The highest BCUT2D eigenvalue weighted by Crippen LogP contribution is 2.12. The Kier molecular flexibility index (Phi) is 4.47. The molecular formula is C14H19N5O. The first kappa shape index (κ1) is 14.2. The van der Waals surface area contributed by atoms with Crippen LogP contribution in [0, 0.1) is 12.8 Å². The third kappa shape index (κ3) is 3.42. The molecule has 20 heavy (non-hydrogen) atoms. The second-order valence-electron chi connectivity index (χ2n) is 4.84. The van der Waals surface area contributed by atoms with E-state index >= 15 is 0 Å². The van der Waals surface area contributed by atoms with Gasteiger partial charge in [-0.2, -0.15) is 0 Å². The minimum absolute atomic E-state index is 0.0451. The summed E-state index contributed by atoms with van der Waals surface area (Å²) in [6.07, 6.45) is 5.62. The van der Waals surface area contributed by atoms with Crippen LogP contribution in [0.5, 0.6) is 0 Å². The molecule has 2 aromatic heterocycles. The van der Waals surface area contributed by atoms with E-state index in [9.17, 15) is 4.79 Å². The lowest BCUT2D eigenvalue weighted by atomic mass is 10.1. The Morgan fingerprint density at radius 2 is 2.25 bits per heavy atom. The average molecular weight is 273 g/mol. The van der Waals surface area contributed by atoms with Crippen LogP contribution in [-0.4, -0.2) is 27.0 Å². The number of aryl methyl sites for hydroxylation is 1. The molecule has 2 aromatic rings. The predicted octanol–water partition coefficient (Wildman–Crippen LogP) is 1.50. The monoisotopic (exact) mass is 273 g/mol. The molecule has 2 heterocycles. The Labute approximate surface area is 118 Å². The van der Waals surface area contributed by atoms with Gasteiger partial charge in [-0.15, -0.1) is 0 Å². The summed E-state index contributed by atoms with van der Waals surface area (Å²) < 4.78 is 1.88. The molecule has 1 atom stereocenters. The number of hydrogen-bond acceptors (Lipinski definition) is 4. The number of nitrogens with two attached hydrogens (primary N) is 1. The van der Waals surface area contributed by atoms with Gasteiger partial charge < -0.3 is 11.1 Å². The largest absolute Gasteiger partial charge is 0.330 e. The number of carbonyl (C=O) groups is 1. The smallest absolute Gasteiger partial charge is 0.224 e. The number of amides is 1. The topological polar surface area (TPSA) is 85.8 Å². The molecule has 2 rings (SSSR count). The Balaban J connectivity index is 2.02. The van der Waals surface area contributed by atoms with Gasteiger partial charge in [0.2, 0.25) is 5.91 Å². The number of hydrogen-bond donors (Lipinski definition) is 2. The average Bonchev–Trinajstić information content (AvgIpc) is 2.85. The summed E-state index contributed by atoms with van der Waals surface area (Å²) in [5.41, 5.74) is 6.18. The van der Waals surface area contributed by atoms with E-state index in [1.165, 1.54) is 0 Å². The quantitative estimate of drug-likeness (QED) is 0.864. The first-order valence-electron chi connectivity index (χ1n) is 6.56. The number of carbonyl (C=O) groups excluding carboxylic acids is 1. The number of imidazole rings is 1. The van der Waals surface area contributed by atoms with Crippen LogP contribution in [0.3, 0.4) is 0 Å². The van der Waals surface area contributed by atoms with Gasteiger partial charge in [0.05, 0.1) is 11.9 Å². The molecule has 6 nitrogen and oxygen atoms in total. The molecule has 106 valence electrons. The molecule has 0 radical (unpaired) electrons. The lowest BCUT2D eigenvalue weighted by molar-refractivity contribution is -0.116. The summed E-state index contributed by atoms with van der Waals surface area (Å²) in [5, 5.41) is 2.81. The van der Waals surface area contributed by atoms with E-state index in [2.05, 4.69) is 15.3 Å². The Morgan fingerprint density at radius 3 is 2.80 bits per heavy atom. The van der Waals surface area contributed by atoms with Crippen molar-refractivity contribution in [3.8, 4) is 5.82 Å². The van der Waals surface area contributed by atoms with Crippen LogP contribution in [0.4, 0.5) is 5.69 Å². The zero-order chi connectivity index (χ0) is 14.5. The van der Waals surface area contributed by atoms with E-state index < -0.39 is 0 Å². The van der Waals surface area contributed by atoms with Gasteiger partial charge in [0.15, 0.2) is 0 Å². The fourth-order valence-corrected chi connectivity index (χ4v) is 1.83. The van der Waals surface area contributed by atoms with E-state index in [1.54, 1.807) is 12.4 Å². The van der Waals surface area contributed by atoms with Crippen molar-refractivity contribution in [3.05, 3.63) is 36.5 Å². The molecule has 1 amide bonds. The van der Waals surface area contributed by atoms with Gasteiger partial charge >= 0.3 is 0 Å². The van der Waals surface area contributed by atoms with Crippen molar-refractivity contribution in [1.29, 1.82) is 0 Å².